The number of furan rings is 1. The molecule has 2 aromatic heterocycles. The van der Waals surface area contributed by atoms with Crippen molar-refractivity contribution >= 4 is 67.1 Å². The van der Waals surface area contributed by atoms with Crippen LogP contribution in [0.4, 0.5) is 13.2 Å². The van der Waals surface area contributed by atoms with E-state index in [1.165, 1.54) is 23.1 Å². The van der Waals surface area contributed by atoms with Crippen molar-refractivity contribution in [3.8, 4) is 17.3 Å². The van der Waals surface area contributed by atoms with Crippen LogP contribution in [0.3, 0.4) is 0 Å². The standard InChI is InChI=1S/C38H40F3N7O7S2/c1-4-22-19-37(22,35(51)46-57(52,53)25-15-16-25)45-33(50)27-18-24(20-48(27)29(49)10-7-17-42-36(56)47(2)3)54-34-31-30(26-8-5-6-9-28(26)55-31)43-32(44-34)21-11-13-23(14-12-21)38(39,40)41/h4-6,8-9,11-14,22,24-25,27H,1,7,10,15-20H2,2-3H3,(H,42,56)(H,45,50)(H,46,51)/t22-,24-,27+,37+/m1/s1. The summed E-state index contributed by atoms with van der Waals surface area (Å²) in [5.41, 5.74) is -1.21. The van der Waals surface area contributed by atoms with Crippen molar-refractivity contribution in [2.75, 3.05) is 27.2 Å². The fraction of sp³-hybridized carbons (Fsp3) is 0.421. The van der Waals surface area contributed by atoms with Crippen LogP contribution in [0.25, 0.3) is 33.5 Å². The average molecular weight is 828 g/mol. The summed E-state index contributed by atoms with van der Waals surface area (Å²) < 4.78 is 80.1. The zero-order chi connectivity index (χ0) is 40.9. The first-order chi connectivity index (χ1) is 27.0. The molecule has 3 heterocycles. The van der Waals surface area contributed by atoms with Gasteiger partial charge in [0.1, 0.15) is 28.8 Å². The maximum atomic E-state index is 14.2. The first-order valence-corrected chi connectivity index (χ1v) is 20.2. The number of carbonyl (C=O) groups excluding carboxylic acids is 3. The van der Waals surface area contributed by atoms with E-state index in [1.54, 1.807) is 43.3 Å². The van der Waals surface area contributed by atoms with E-state index in [9.17, 15) is 36.0 Å². The van der Waals surface area contributed by atoms with Crippen LogP contribution >= 0.6 is 12.2 Å². The molecule has 7 rings (SSSR count). The number of para-hydroxylation sites is 1. The molecule has 2 aromatic carbocycles. The molecule has 2 aliphatic carbocycles. The minimum atomic E-state index is -4.55. The molecular weight excluding hydrogens is 788 g/mol. The number of hydrogen-bond acceptors (Lipinski definition) is 10. The Kier molecular flexibility index (Phi) is 10.7. The predicted molar refractivity (Wildman–Crippen MR) is 207 cm³/mol. The summed E-state index contributed by atoms with van der Waals surface area (Å²) in [6.07, 6.45) is -2.61. The Morgan fingerprint density at radius 2 is 1.84 bits per heavy atom. The topological polar surface area (TPSA) is 176 Å². The van der Waals surface area contributed by atoms with E-state index in [0.29, 0.717) is 47.4 Å². The molecule has 1 aliphatic heterocycles. The number of carbonyl (C=O) groups is 3. The summed E-state index contributed by atoms with van der Waals surface area (Å²) in [5, 5.41) is 6.23. The van der Waals surface area contributed by atoms with Crippen molar-refractivity contribution in [1.82, 2.24) is 35.1 Å². The lowest BCUT2D eigenvalue weighted by Crippen LogP contribution is -2.56. The van der Waals surface area contributed by atoms with Gasteiger partial charge in [-0.1, -0.05) is 30.3 Å². The van der Waals surface area contributed by atoms with Crippen LogP contribution in [0, 0.1) is 5.92 Å². The van der Waals surface area contributed by atoms with Gasteiger partial charge in [-0.3, -0.25) is 19.1 Å². The van der Waals surface area contributed by atoms with E-state index in [2.05, 4.69) is 31.9 Å². The molecule has 302 valence electrons. The number of nitrogens with zero attached hydrogens (tertiary/aromatic N) is 4. The van der Waals surface area contributed by atoms with Crippen molar-refractivity contribution in [3.63, 3.8) is 0 Å². The second-order valence-corrected chi connectivity index (χ2v) is 17.0. The first-order valence-electron chi connectivity index (χ1n) is 18.3. The van der Waals surface area contributed by atoms with Crippen LogP contribution < -0.4 is 20.1 Å². The van der Waals surface area contributed by atoms with Gasteiger partial charge in [0.05, 0.1) is 17.4 Å². The Hall–Kier alpha value is -5.30. The van der Waals surface area contributed by atoms with Gasteiger partial charge in [0.25, 0.3) is 11.8 Å². The van der Waals surface area contributed by atoms with Crippen LogP contribution in [0.5, 0.6) is 5.88 Å². The average Bonchev–Trinajstić information content (AvgIpc) is 4.08. The SMILES string of the molecule is C=C[C@@H]1C[C@@]1(NC(=O)[C@@H]1C[C@@H](Oc2nc(-c3ccc(C(F)(F)F)cc3)nc3c2oc2ccccc23)CN1C(=O)CCCNC(=S)N(C)C)C(=O)NS(=O)(=O)C1CC1. The molecule has 3 aliphatic rings. The number of alkyl halides is 3. The number of ether oxygens (including phenoxy) is 1. The van der Waals surface area contributed by atoms with Crippen LogP contribution in [-0.4, -0.2) is 101 Å². The normalized spacial score (nSPS) is 21.9. The van der Waals surface area contributed by atoms with E-state index in [0.717, 1.165) is 12.1 Å². The second-order valence-electron chi connectivity index (χ2n) is 14.7. The second kappa shape index (κ2) is 15.2. The highest BCUT2D eigenvalue weighted by molar-refractivity contribution is 7.91. The number of sulfonamides is 1. The number of hydrogen-bond donors (Lipinski definition) is 3. The molecule has 0 spiro atoms. The number of fused-ring (bicyclic) bond motifs is 3. The Labute approximate surface area is 331 Å². The fourth-order valence-corrected chi connectivity index (χ4v) is 8.37. The Morgan fingerprint density at radius 3 is 2.49 bits per heavy atom. The molecule has 3 N–H and O–H groups in total. The molecule has 0 unspecified atom stereocenters. The van der Waals surface area contributed by atoms with Crippen molar-refractivity contribution in [3.05, 3.63) is 66.7 Å². The third kappa shape index (κ3) is 8.25. The monoisotopic (exact) mass is 827 g/mol. The van der Waals surface area contributed by atoms with Gasteiger partial charge in [-0.25, -0.2) is 13.4 Å². The number of rotatable bonds is 13. The quantitative estimate of drug-likeness (QED) is 0.0992. The third-order valence-corrected chi connectivity index (χ3v) is 12.7. The van der Waals surface area contributed by atoms with E-state index in [4.69, 9.17) is 21.4 Å². The molecule has 3 amide bonds. The zero-order valence-electron chi connectivity index (χ0n) is 31.0. The molecule has 1 saturated heterocycles. The highest BCUT2D eigenvalue weighted by Gasteiger charge is 2.62. The van der Waals surface area contributed by atoms with Gasteiger partial charge < -0.3 is 29.6 Å². The lowest BCUT2D eigenvalue weighted by Gasteiger charge is -2.26. The van der Waals surface area contributed by atoms with Gasteiger partial charge in [0.15, 0.2) is 10.9 Å². The molecule has 3 fully saturated rings. The van der Waals surface area contributed by atoms with Crippen LogP contribution in [0.2, 0.25) is 0 Å². The maximum Gasteiger partial charge on any atom is 0.416 e. The van der Waals surface area contributed by atoms with Gasteiger partial charge in [0, 0.05) is 50.3 Å². The molecule has 2 saturated carbocycles. The summed E-state index contributed by atoms with van der Waals surface area (Å²) in [7, 11) is -0.366. The zero-order valence-corrected chi connectivity index (χ0v) is 32.6. The fourth-order valence-electron chi connectivity index (χ4n) is 6.90. The minimum absolute atomic E-state index is 0.0273. The number of likely N-dealkylation sites (tertiary alicyclic amines) is 1. The Bertz CT molecular complexity index is 2370. The van der Waals surface area contributed by atoms with Crippen molar-refractivity contribution < 1.29 is 45.1 Å². The maximum absolute atomic E-state index is 14.2. The van der Waals surface area contributed by atoms with Crippen LogP contribution in [0.1, 0.15) is 44.1 Å². The van der Waals surface area contributed by atoms with Gasteiger partial charge in [-0.2, -0.15) is 18.2 Å². The predicted octanol–water partition coefficient (Wildman–Crippen LogP) is 4.30. The lowest BCUT2D eigenvalue weighted by molar-refractivity contribution is -0.139. The Morgan fingerprint density at radius 1 is 1.12 bits per heavy atom. The van der Waals surface area contributed by atoms with Gasteiger partial charge >= 0.3 is 6.18 Å². The molecule has 19 heteroatoms. The van der Waals surface area contributed by atoms with Crippen LogP contribution in [-0.2, 0) is 30.6 Å². The summed E-state index contributed by atoms with van der Waals surface area (Å²) in [6.45, 7) is 4.04. The van der Waals surface area contributed by atoms with Crippen molar-refractivity contribution in [2.45, 2.75) is 67.6 Å². The van der Waals surface area contributed by atoms with Crippen molar-refractivity contribution in [1.29, 1.82) is 0 Å². The highest BCUT2D eigenvalue weighted by Crippen LogP contribution is 2.46. The smallest absolute Gasteiger partial charge is 0.416 e. The van der Waals surface area contributed by atoms with E-state index < -0.39 is 62.4 Å². The van der Waals surface area contributed by atoms with Gasteiger partial charge in [-0.05, 0) is 62.2 Å². The molecule has 0 bridgehead atoms. The molecule has 0 radical (unpaired) electrons. The summed E-state index contributed by atoms with van der Waals surface area (Å²) in [5.74, 6) is -2.49. The molecule has 4 aromatic rings. The van der Waals surface area contributed by atoms with E-state index in [-0.39, 0.29) is 54.6 Å². The number of halogens is 3. The van der Waals surface area contributed by atoms with Crippen molar-refractivity contribution in [2.24, 2.45) is 5.92 Å². The summed E-state index contributed by atoms with van der Waals surface area (Å²) in [4.78, 5) is 53.7. The summed E-state index contributed by atoms with van der Waals surface area (Å²) >= 11 is 5.27. The Balaban J connectivity index is 1.17. The first kappa shape index (κ1) is 39.9. The van der Waals surface area contributed by atoms with Gasteiger partial charge in [0.2, 0.25) is 27.4 Å². The molecular formula is C38H40F3N7O7S2. The van der Waals surface area contributed by atoms with E-state index >= 15 is 0 Å². The molecule has 14 nitrogen and oxygen atoms in total. The number of aromatic nitrogens is 2. The van der Waals surface area contributed by atoms with Gasteiger partial charge in [-0.15, -0.1) is 6.58 Å². The number of nitrogens with one attached hydrogen (secondary N) is 3. The largest absolute Gasteiger partial charge is 0.470 e. The summed E-state index contributed by atoms with van der Waals surface area (Å²) in [6, 6.07) is 10.2. The minimum Gasteiger partial charge on any atom is -0.470 e. The highest BCUT2D eigenvalue weighted by atomic mass is 32.2. The van der Waals surface area contributed by atoms with E-state index in [1.807, 2.05) is 0 Å². The number of benzene rings is 2. The number of thiocarbonyl (C=S) groups is 1. The molecule has 4 atom stereocenters. The van der Waals surface area contributed by atoms with Crippen LogP contribution in [0.15, 0.2) is 65.6 Å². The number of amides is 3. The third-order valence-electron chi connectivity index (χ3n) is 10.3. The molecule has 57 heavy (non-hydrogen) atoms. The lowest BCUT2D eigenvalue weighted by atomic mass is 10.1.